The topological polar surface area (TPSA) is 9.23 Å². The van der Waals surface area contributed by atoms with Gasteiger partial charge >= 0.3 is 0 Å². The number of fused-ring (bicyclic) bond motifs is 1. The van der Waals surface area contributed by atoms with Crippen molar-refractivity contribution in [3.63, 3.8) is 0 Å². The van der Waals surface area contributed by atoms with Gasteiger partial charge in [0, 0.05) is 17.0 Å². The van der Waals surface area contributed by atoms with E-state index in [-0.39, 0.29) is 16.7 Å². The number of halogens is 4. The summed E-state index contributed by atoms with van der Waals surface area (Å²) in [6.07, 6.45) is 1.77. The monoisotopic (exact) mass is 454 g/mol. The quantitative estimate of drug-likeness (QED) is 0.274. The van der Waals surface area contributed by atoms with E-state index < -0.39 is 5.82 Å². The van der Waals surface area contributed by atoms with Crippen molar-refractivity contribution in [2.75, 3.05) is 6.61 Å². The van der Waals surface area contributed by atoms with E-state index in [2.05, 4.69) is 0 Å². The van der Waals surface area contributed by atoms with E-state index in [1.54, 1.807) is 42.5 Å². The number of hydrogen-bond acceptors (Lipinski definition) is 1. The van der Waals surface area contributed by atoms with Crippen LogP contribution in [0.5, 0.6) is 5.75 Å². The van der Waals surface area contributed by atoms with Gasteiger partial charge in [0.05, 0.1) is 11.6 Å². The van der Waals surface area contributed by atoms with Crippen LogP contribution in [0.15, 0.2) is 66.7 Å². The first-order chi connectivity index (χ1) is 15.5. The Bertz CT molecular complexity index is 1270. The number of aryl methyl sites for hydroxylation is 2. The van der Waals surface area contributed by atoms with Crippen molar-refractivity contribution in [1.29, 1.82) is 0 Å². The van der Waals surface area contributed by atoms with Crippen LogP contribution in [0.1, 0.15) is 24.5 Å². The molecule has 0 fully saturated rings. The number of ether oxygens (including phenoxy) is 1. The Labute approximate surface area is 190 Å². The molecule has 0 heterocycles. The maximum atomic E-state index is 15.1. The van der Waals surface area contributed by atoms with Crippen molar-refractivity contribution >= 4 is 22.4 Å². The maximum absolute atomic E-state index is 15.1. The van der Waals surface area contributed by atoms with Gasteiger partial charge in [0.15, 0.2) is 0 Å². The van der Waals surface area contributed by atoms with Crippen molar-refractivity contribution in [3.05, 3.63) is 100 Å². The average Bonchev–Trinajstić information content (AvgIpc) is 2.79. The normalized spacial score (nSPS) is 11.2. The highest BCUT2D eigenvalue weighted by molar-refractivity contribution is 6.30. The molecule has 0 aliphatic carbocycles. The van der Waals surface area contributed by atoms with Crippen molar-refractivity contribution in [1.82, 2.24) is 0 Å². The van der Waals surface area contributed by atoms with Gasteiger partial charge in [-0.2, -0.15) is 0 Å². The summed E-state index contributed by atoms with van der Waals surface area (Å²) >= 11 is 5.72. The highest BCUT2D eigenvalue weighted by Gasteiger charge is 2.12. The summed E-state index contributed by atoms with van der Waals surface area (Å²) in [5.74, 6) is -0.685. The van der Waals surface area contributed by atoms with Crippen molar-refractivity contribution in [2.45, 2.75) is 26.2 Å². The molecular weight excluding hydrogens is 433 g/mol. The second-order valence-electron chi connectivity index (χ2n) is 7.71. The summed E-state index contributed by atoms with van der Waals surface area (Å²) in [6, 6.07) is 18.1. The SMILES string of the molecule is CCCOc1ccc(-c2ccc3c(F)c(CCc4ccc(Cl)c(F)c4)ccc3c2)c(F)c1. The minimum absolute atomic E-state index is 0.0704. The molecule has 0 amide bonds. The van der Waals surface area contributed by atoms with Crippen molar-refractivity contribution in [3.8, 4) is 16.9 Å². The zero-order chi connectivity index (χ0) is 22.7. The Hall–Kier alpha value is -2.98. The first kappa shape index (κ1) is 22.2. The van der Waals surface area contributed by atoms with E-state index in [9.17, 15) is 8.78 Å². The minimum Gasteiger partial charge on any atom is -0.494 e. The highest BCUT2D eigenvalue weighted by atomic mass is 35.5. The van der Waals surface area contributed by atoms with Gasteiger partial charge in [-0.05, 0) is 71.7 Å². The molecule has 4 aromatic rings. The third kappa shape index (κ3) is 4.76. The molecule has 4 rings (SSSR count). The molecule has 0 radical (unpaired) electrons. The molecule has 0 aromatic heterocycles. The lowest BCUT2D eigenvalue weighted by Crippen LogP contribution is -1.97. The molecule has 4 aromatic carbocycles. The van der Waals surface area contributed by atoms with E-state index in [0.717, 1.165) is 12.0 Å². The Balaban J connectivity index is 1.57. The summed E-state index contributed by atoms with van der Waals surface area (Å²) in [7, 11) is 0. The fraction of sp³-hybridized carbons (Fsp3) is 0.185. The summed E-state index contributed by atoms with van der Waals surface area (Å²) in [4.78, 5) is 0. The lowest BCUT2D eigenvalue weighted by Gasteiger charge is -2.11. The summed E-state index contributed by atoms with van der Waals surface area (Å²) < 4.78 is 48.9. The average molecular weight is 455 g/mol. The molecule has 5 heteroatoms. The Morgan fingerprint density at radius 3 is 2.41 bits per heavy atom. The van der Waals surface area contributed by atoms with E-state index in [1.807, 2.05) is 13.0 Å². The van der Waals surface area contributed by atoms with Crippen LogP contribution in [0, 0.1) is 17.5 Å². The van der Waals surface area contributed by atoms with Gasteiger partial charge in [-0.15, -0.1) is 0 Å². The second kappa shape index (κ2) is 9.66. The largest absolute Gasteiger partial charge is 0.494 e. The first-order valence-electron chi connectivity index (χ1n) is 10.5. The van der Waals surface area contributed by atoms with Gasteiger partial charge in [0.2, 0.25) is 0 Å². The Morgan fingerprint density at radius 1 is 0.812 bits per heavy atom. The summed E-state index contributed by atoms with van der Waals surface area (Å²) in [6.45, 7) is 2.52. The van der Waals surface area contributed by atoms with E-state index in [1.165, 1.54) is 18.2 Å². The lowest BCUT2D eigenvalue weighted by molar-refractivity contribution is 0.316. The van der Waals surface area contributed by atoms with E-state index in [4.69, 9.17) is 16.3 Å². The van der Waals surface area contributed by atoms with Crippen LogP contribution in [0.3, 0.4) is 0 Å². The van der Waals surface area contributed by atoms with Crippen molar-refractivity contribution < 1.29 is 17.9 Å². The summed E-state index contributed by atoms with van der Waals surface area (Å²) in [5.41, 5.74) is 2.40. The second-order valence-corrected chi connectivity index (χ2v) is 8.12. The molecule has 0 saturated carbocycles. The molecule has 0 aliphatic rings. The molecule has 0 atom stereocenters. The van der Waals surface area contributed by atoms with Crippen LogP contribution in [0.2, 0.25) is 5.02 Å². The predicted octanol–water partition coefficient (Wildman–Crippen LogP) is 8.15. The van der Waals surface area contributed by atoms with Crippen LogP contribution in [0.25, 0.3) is 21.9 Å². The first-order valence-corrected chi connectivity index (χ1v) is 10.9. The fourth-order valence-electron chi connectivity index (χ4n) is 3.71. The number of hydrogen-bond donors (Lipinski definition) is 0. The lowest BCUT2D eigenvalue weighted by atomic mass is 9.97. The van der Waals surface area contributed by atoms with Gasteiger partial charge in [-0.25, -0.2) is 13.2 Å². The molecule has 0 unspecified atom stereocenters. The van der Waals surface area contributed by atoms with Crippen LogP contribution in [-0.2, 0) is 12.8 Å². The number of benzene rings is 4. The van der Waals surface area contributed by atoms with Crippen molar-refractivity contribution in [2.24, 2.45) is 0 Å². The third-order valence-electron chi connectivity index (χ3n) is 5.43. The minimum atomic E-state index is -0.479. The third-order valence-corrected chi connectivity index (χ3v) is 5.73. The molecule has 32 heavy (non-hydrogen) atoms. The van der Waals surface area contributed by atoms with Gasteiger partial charge in [-0.3, -0.25) is 0 Å². The zero-order valence-electron chi connectivity index (χ0n) is 17.6. The van der Waals surface area contributed by atoms with Gasteiger partial charge in [0.1, 0.15) is 23.2 Å². The zero-order valence-corrected chi connectivity index (χ0v) is 18.4. The Kier molecular flexibility index (Phi) is 6.71. The highest BCUT2D eigenvalue weighted by Crippen LogP contribution is 2.31. The standard InChI is InChI=1S/C27H22ClF3O/c1-2-13-32-21-9-11-22(25(29)16-21)19-8-10-23-20(15-19)7-6-18(27(23)31)5-3-17-4-12-24(28)26(30)14-17/h4,6-12,14-16H,2-3,5,13H2,1H3. The van der Waals surface area contributed by atoms with E-state index in [0.29, 0.717) is 52.7 Å². The Morgan fingerprint density at radius 2 is 1.66 bits per heavy atom. The van der Waals surface area contributed by atoms with Gasteiger partial charge < -0.3 is 4.74 Å². The molecular formula is C27H22ClF3O. The van der Waals surface area contributed by atoms with Crippen LogP contribution in [0.4, 0.5) is 13.2 Å². The molecule has 0 spiro atoms. The van der Waals surface area contributed by atoms with Crippen LogP contribution >= 0.6 is 11.6 Å². The molecule has 0 bridgehead atoms. The number of rotatable bonds is 7. The predicted molar refractivity (Wildman–Crippen MR) is 124 cm³/mol. The smallest absolute Gasteiger partial charge is 0.142 e. The summed E-state index contributed by atoms with van der Waals surface area (Å²) in [5, 5.41) is 1.23. The van der Waals surface area contributed by atoms with Crippen LogP contribution in [-0.4, -0.2) is 6.61 Å². The van der Waals surface area contributed by atoms with E-state index >= 15 is 4.39 Å². The molecule has 1 nitrogen and oxygen atoms in total. The fourth-order valence-corrected chi connectivity index (χ4v) is 3.83. The van der Waals surface area contributed by atoms with Crippen LogP contribution < -0.4 is 4.74 Å². The molecule has 0 aliphatic heterocycles. The molecule has 0 N–H and O–H groups in total. The molecule has 164 valence electrons. The van der Waals surface area contributed by atoms with Gasteiger partial charge in [-0.1, -0.05) is 48.9 Å². The molecule has 0 saturated heterocycles. The maximum Gasteiger partial charge on any atom is 0.142 e. The van der Waals surface area contributed by atoms with Gasteiger partial charge in [0.25, 0.3) is 0 Å².